The molecule has 0 saturated heterocycles. The quantitative estimate of drug-likeness (QED) is 0.354. The molecule has 0 bridgehead atoms. The van der Waals surface area contributed by atoms with Crippen LogP contribution in [0.1, 0.15) is 32.8 Å². The summed E-state index contributed by atoms with van der Waals surface area (Å²) in [7, 11) is 1.80. The highest BCUT2D eigenvalue weighted by atomic mass is 15.1. The zero-order valence-corrected chi connectivity index (χ0v) is 16.9. The predicted octanol–water partition coefficient (Wildman–Crippen LogP) is 3.33. The van der Waals surface area contributed by atoms with Crippen LogP contribution in [0.5, 0.6) is 0 Å². The van der Waals surface area contributed by atoms with Crippen molar-refractivity contribution in [3.8, 4) is 0 Å². The molecule has 28 heavy (non-hydrogen) atoms. The fourth-order valence-electron chi connectivity index (χ4n) is 2.73. The van der Waals surface area contributed by atoms with E-state index >= 15 is 0 Å². The second-order valence-corrected chi connectivity index (χ2v) is 6.63. The largest absolute Gasteiger partial charge is 0.404 e. The number of nitrogens with zero attached hydrogens (tertiary/aromatic N) is 2. The Kier molecular flexibility index (Phi) is 7.14. The van der Waals surface area contributed by atoms with Gasteiger partial charge < -0.3 is 27.5 Å². The molecule has 2 aromatic heterocycles. The Labute approximate surface area is 166 Å². The maximum absolute atomic E-state index is 7.96. The van der Waals surface area contributed by atoms with Gasteiger partial charge in [0.1, 0.15) is 11.6 Å². The van der Waals surface area contributed by atoms with E-state index < -0.39 is 0 Å². The molecule has 1 unspecified atom stereocenters. The van der Waals surface area contributed by atoms with Crippen molar-refractivity contribution in [2.24, 2.45) is 17.4 Å². The molecular weight excluding hydrogens is 350 g/mol. The molecule has 0 radical (unpaired) electrons. The second kappa shape index (κ2) is 9.55. The molecule has 0 spiro atoms. The molecule has 7 N–H and O–H groups in total. The van der Waals surface area contributed by atoms with Crippen LogP contribution in [0.2, 0.25) is 0 Å². The van der Waals surface area contributed by atoms with Crippen LogP contribution in [0, 0.1) is 11.3 Å². The lowest BCUT2D eigenvalue weighted by molar-refractivity contribution is 0.667. The Balaban J connectivity index is 2.35. The Morgan fingerprint density at radius 2 is 2.07 bits per heavy atom. The summed E-state index contributed by atoms with van der Waals surface area (Å²) in [5, 5.41) is 14.0. The topological polar surface area (TPSA) is 126 Å². The Hall–Kier alpha value is -3.35. The fraction of sp³-hybridized carbons (Fsp3) is 0.286. The summed E-state index contributed by atoms with van der Waals surface area (Å²) < 4.78 is 0. The molecule has 0 aromatic carbocycles. The minimum Gasteiger partial charge on any atom is -0.404 e. The molecule has 0 fully saturated rings. The molecule has 1 atom stereocenters. The van der Waals surface area contributed by atoms with Gasteiger partial charge in [0.2, 0.25) is 0 Å². The van der Waals surface area contributed by atoms with Crippen LogP contribution in [0.3, 0.4) is 0 Å². The fourth-order valence-corrected chi connectivity index (χ4v) is 2.73. The number of rotatable bonds is 8. The van der Waals surface area contributed by atoms with Crippen LogP contribution in [0.15, 0.2) is 54.3 Å². The summed E-state index contributed by atoms with van der Waals surface area (Å²) in [5.74, 6) is 1.41. The van der Waals surface area contributed by atoms with E-state index in [1.54, 1.807) is 32.6 Å². The third-order valence-electron chi connectivity index (χ3n) is 4.51. The lowest BCUT2D eigenvalue weighted by atomic mass is 9.99. The molecule has 2 heterocycles. The molecule has 148 valence electrons. The number of allylic oxidation sites excluding steroid dienone is 3. The first-order valence-corrected chi connectivity index (χ1v) is 9.25. The van der Waals surface area contributed by atoms with Crippen LogP contribution in [0.4, 0.5) is 5.82 Å². The lowest BCUT2D eigenvalue weighted by Gasteiger charge is -2.12. The first kappa shape index (κ1) is 21.0. The first-order chi connectivity index (χ1) is 13.4. The van der Waals surface area contributed by atoms with E-state index in [0.29, 0.717) is 23.3 Å². The van der Waals surface area contributed by atoms with Gasteiger partial charge >= 0.3 is 0 Å². The highest BCUT2D eigenvalue weighted by Crippen LogP contribution is 2.21. The predicted molar refractivity (Wildman–Crippen MR) is 118 cm³/mol. The molecule has 7 heteroatoms. The van der Waals surface area contributed by atoms with Gasteiger partial charge in [-0.3, -0.25) is 4.98 Å². The van der Waals surface area contributed by atoms with E-state index in [9.17, 15) is 0 Å². The minimum absolute atomic E-state index is 0.323. The number of nitrogens with one attached hydrogen (secondary N) is 3. The third kappa shape index (κ3) is 5.09. The average Bonchev–Trinajstić information content (AvgIpc) is 2.68. The van der Waals surface area contributed by atoms with Gasteiger partial charge in [-0.05, 0) is 55.3 Å². The van der Waals surface area contributed by atoms with Crippen LogP contribution < -0.4 is 22.1 Å². The summed E-state index contributed by atoms with van der Waals surface area (Å²) in [6.45, 7) is 5.95. The van der Waals surface area contributed by atoms with E-state index in [-0.39, 0.29) is 0 Å². The van der Waals surface area contributed by atoms with E-state index in [2.05, 4.69) is 34.4 Å². The maximum atomic E-state index is 7.96. The van der Waals surface area contributed by atoms with Crippen LogP contribution in [-0.4, -0.2) is 22.7 Å². The van der Waals surface area contributed by atoms with Crippen molar-refractivity contribution >= 4 is 28.1 Å². The van der Waals surface area contributed by atoms with E-state index in [4.69, 9.17) is 16.9 Å². The van der Waals surface area contributed by atoms with E-state index in [0.717, 1.165) is 34.2 Å². The summed E-state index contributed by atoms with van der Waals surface area (Å²) in [6.07, 6.45) is 7.92. The van der Waals surface area contributed by atoms with Crippen molar-refractivity contribution < 1.29 is 0 Å². The van der Waals surface area contributed by atoms with Crippen molar-refractivity contribution in [3.63, 3.8) is 0 Å². The first-order valence-electron chi connectivity index (χ1n) is 9.25. The van der Waals surface area contributed by atoms with Crippen molar-refractivity contribution in [3.05, 3.63) is 59.8 Å². The molecule has 2 rings (SSSR count). The number of hydrogen-bond donors (Lipinski definition) is 5. The normalized spacial score (nSPS) is 14.1. The molecule has 7 nitrogen and oxygen atoms in total. The average molecular weight is 380 g/mol. The standard InChI is InChI=1S/C21H29N7/c1-5-13(2)15(10-22)9-20(24)28-21-7-6-18-19(27-21)8-16(11-26-18)17(12-25-4)14(3)23/h6-13,23,25H,5,22,24H2,1-4H3,(H,27,28)/b15-10+,17-12+,20-9+,23-14?. The zero-order valence-electron chi connectivity index (χ0n) is 16.9. The Morgan fingerprint density at radius 3 is 2.68 bits per heavy atom. The number of anilines is 1. The van der Waals surface area contributed by atoms with Gasteiger partial charge in [-0.1, -0.05) is 13.8 Å². The number of nitrogens with two attached hydrogens (primary N) is 2. The van der Waals surface area contributed by atoms with Gasteiger partial charge in [-0.25, -0.2) is 4.98 Å². The Morgan fingerprint density at radius 1 is 1.32 bits per heavy atom. The van der Waals surface area contributed by atoms with Gasteiger partial charge in [0.05, 0.1) is 11.0 Å². The van der Waals surface area contributed by atoms with Crippen LogP contribution in [0.25, 0.3) is 16.6 Å². The van der Waals surface area contributed by atoms with Crippen molar-refractivity contribution in [2.75, 3.05) is 12.4 Å². The molecule has 2 aromatic rings. The number of fused-ring (bicyclic) bond motifs is 1. The van der Waals surface area contributed by atoms with Crippen molar-refractivity contribution in [1.82, 2.24) is 15.3 Å². The van der Waals surface area contributed by atoms with Crippen molar-refractivity contribution in [1.29, 1.82) is 5.41 Å². The smallest absolute Gasteiger partial charge is 0.132 e. The van der Waals surface area contributed by atoms with E-state index in [1.807, 2.05) is 24.3 Å². The van der Waals surface area contributed by atoms with Gasteiger partial charge in [0.15, 0.2) is 0 Å². The molecule has 0 aliphatic carbocycles. The SMILES string of the molecule is CCC(C)C(=C/N)/C=C(\N)Nc1ccc2ncc(/C(=C/NC)C(C)=N)cc2n1. The highest BCUT2D eigenvalue weighted by Gasteiger charge is 2.09. The van der Waals surface area contributed by atoms with Gasteiger partial charge in [-0.15, -0.1) is 0 Å². The highest BCUT2D eigenvalue weighted by molar-refractivity contribution is 6.21. The van der Waals surface area contributed by atoms with Crippen LogP contribution in [-0.2, 0) is 0 Å². The van der Waals surface area contributed by atoms with Crippen molar-refractivity contribution in [2.45, 2.75) is 27.2 Å². The zero-order chi connectivity index (χ0) is 20.7. The van der Waals surface area contributed by atoms with E-state index in [1.165, 1.54) is 0 Å². The summed E-state index contributed by atoms with van der Waals surface area (Å²) >= 11 is 0. The monoisotopic (exact) mass is 379 g/mol. The number of aromatic nitrogens is 2. The maximum Gasteiger partial charge on any atom is 0.132 e. The molecule has 0 saturated carbocycles. The van der Waals surface area contributed by atoms with Gasteiger partial charge in [0, 0.05) is 36.3 Å². The molecule has 0 amide bonds. The number of hydrogen-bond acceptors (Lipinski definition) is 7. The number of pyridine rings is 2. The van der Waals surface area contributed by atoms with Gasteiger partial charge in [-0.2, -0.15) is 0 Å². The third-order valence-corrected chi connectivity index (χ3v) is 4.51. The molecule has 0 aliphatic heterocycles. The van der Waals surface area contributed by atoms with Crippen LogP contribution >= 0.6 is 0 Å². The summed E-state index contributed by atoms with van der Waals surface area (Å²) in [5.41, 5.74) is 16.3. The molecular formula is C21H29N7. The van der Waals surface area contributed by atoms with Gasteiger partial charge in [0.25, 0.3) is 0 Å². The Bertz CT molecular complexity index is 941. The molecule has 0 aliphatic rings. The summed E-state index contributed by atoms with van der Waals surface area (Å²) in [4.78, 5) is 9.07. The lowest BCUT2D eigenvalue weighted by Crippen LogP contribution is -2.12. The minimum atomic E-state index is 0.323. The summed E-state index contributed by atoms with van der Waals surface area (Å²) in [6, 6.07) is 5.63. The second-order valence-electron chi connectivity index (χ2n) is 6.63.